The van der Waals surface area contributed by atoms with Gasteiger partial charge in [0.05, 0.1) is 29.1 Å². The van der Waals surface area contributed by atoms with Crippen molar-refractivity contribution in [2.75, 3.05) is 20.2 Å². The molecule has 0 radical (unpaired) electrons. The molecule has 0 bridgehead atoms. The quantitative estimate of drug-likeness (QED) is 0.325. The van der Waals surface area contributed by atoms with E-state index < -0.39 is 0 Å². The molecule has 0 saturated carbocycles. The molecule has 1 aliphatic heterocycles. The molecular weight excluding hydrogens is 438 g/mol. The lowest BCUT2D eigenvalue weighted by molar-refractivity contribution is 0.167. The molecule has 0 N–H and O–H groups in total. The monoisotopic (exact) mass is 465 g/mol. The van der Waals surface area contributed by atoms with E-state index >= 15 is 0 Å². The summed E-state index contributed by atoms with van der Waals surface area (Å²) in [6.45, 7) is 4.48. The molecule has 5 rings (SSSR count). The molecule has 166 valence electrons. The van der Waals surface area contributed by atoms with E-state index in [9.17, 15) is 0 Å². The van der Waals surface area contributed by atoms with Gasteiger partial charge in [-0.15, -0.1) is 21.5 Å². The Bertz CT molecular complexity index is 1150. The molecule has 0 spiro atoms. The Labute approximate surface area is 196 Å². The third-order valence-corrected chi connectivity index (χ3v) is 8.12. The Morgan fingerprint density at radius 3 is 2.56 bits per heavy atom. The van der Waals surface area contributed by atoms with Gasteiger partial charge in [-0.25, -0.2) is 4.98 Å². The van der Waals surface area contributed by atoms with Gasteiger partial charge in [-0.05, 0) is 69.3 Å². The number of likely N-dealkylation sites (tertiary alicyclic amines) is 1. The zero-order valence-electron chi connectivity index (χ0n) is 18.4. The van der Waals surface area contributed by atoms with Crippen LogP contribution < -0.4 is 4.74 Å². The predicted molar refractivity (Wildman–Crippen MR) is 131 cm³/mol. The maximum Gasteiger partial charge on any atom is 0.196 e. The Hall–Kier alpha value is -2.42. The van der Waals surface area contributed by atoms with E-state index in [-0.39, 0.29) is 6.04 Å². The average Bonchev–Trinajstić information content (AvgIpc) is 3.46. The molecule has 1 fully saturated rings. The zero-order chi connectivity index (χ0) is 21.9. The summed E-state index contributed by atoms with van der Waals surface area (Å²) in [4.78, 5) is 7.31. The second-order valence-corrected chi connectivity index (χ2v) is 10.1. The van der Waals surface area contributed by atoms with Crippen molar-refractivity contribution < 1.29 is 4.74 Å². The number of hydrogen-bond donors (Lipinski definition) is 0. The molecule has 8 heteroatoms. The zero-order valence-corrected chi connectivity index (χ0v) is 20.0. The molecule has 4 aromatic rings. The van der Waals surface area contributed by atoms with Gasteiger partial charge in [0, 0.05) is 5.69 Å². The third kappa shape index (κ3) is 4.40. The SMILES string of the molecule is COc1ccc(-n2c(SCc3nc4ccccc4s3)nnc2[C@@H](C)N2CCCCC2)cc1. The number of aromatic nitrogens is 4. The van der Waals surface area contributed by atoms with Crippen molar-refractivity contribution in [1.29, 1.82) is 0 Å². The summed E-state index contributed by atoms with van der Waals surface area (Å²) in [5.41, 5.74) is 2.12. The minimum atomic E-state index is 0.210. The molecule has 0 unspecified atom stereocenters. The molecule has 0 aliphatic carbocycles. The molecule has 3 heterocycles. The Kier molecular flexibility index (Phi) is 6.43. The van der Waals surface area contributed by atoms with Crippen LogP contribution in [0, 0.1) is 0 Å². The van der Waals surface area contributed by atoms with E-state index in [0.29, 0.717) is 0 Å². The molecule has 1 atom stereocenters. The lowest BCUT2D eigenvalue weighted by Crippen LogP contribution is -2.33. The highest BCUT2D eigenvalue weighted by Gasteiger charge is 2.25. The van der Waals surface area contributed by atoms with Gasteiger partial charge in [0.2, 0.25) is 0 Å². The number of benzene rings is 2. The summed E-state index contributed by atoms with van der Waals surface area (Å²) in [6, 6.07) is 16.6. The fourth-order valence-corrected chi connectivity index (χ4v) is 6.12. The van der Waals surface area contributed by atoms with E-state index in [1.807, 2.05) is 18.2 Å². The normalized spacial score (nSPS) is 15.8. The highest BCUT2D eigenvalue weighted by molar-refractivity contribution is 7.98. The van der Waals surface area contributed by atoms with Crippen LogP contribution in [0.3, 0.4) is 0 Å². The topological polar surface area (TPSA) is 56.1 Å². The largest absolute Gasteiger partial charge is 0.497 e. The van der Waals surface area contributed by atoms with Crippen molar-refractivity contribution in [3.63, 3.8) is 0 Å². The average molecular weight is 466 g/mol. The number of fused-ring (bicyclic) bond motifs is 1. The maximum absolute atomic E-state index is 5.36. The highest BCUT2D eigenvalue weighted by atomic mass is 32.2. The van der Waals surface area contributed by atoms with Crippen LogP contribution in [0.4, 0.5) is 0 Å². The fraction of sp³-hybridized carbons (Fsp3) is 0.375. The first-order valence-corrected chi connectivity index (χ1v) is 12.8. The summed E-state index contributed by atoms with van der Waals surface area (Å²) in [5, 5.41) is 11.3. The Morgan fingerprint density at radius 1 is 1.03 bits per heavy atom. The number of para-hydroxylation sites is 1. The van der Waals surface area contributed by atoms with Crippen molar-refractivity contribution in [3.05, 3.63) is 59.4 Å². The fourth-order valence-electron chi connectivity index (χ4n) is 4.20. The van der Waals surface area contributed by atoms with Gasteiger partial charge >= 0.3 is 0 Å². The van der Waals surface area contributed by atoms with Crippen molar-refractivity contribution in [1.82, 2.24) is 24.6 Å². The van der Waals surface area contributed by atoms with Gasteiger partial charge in [-0.2, -0.15) is 0 Å². The third-order valence-electron chi connectivity index (χ3n) is 5.96. The van der Waals surface area contributed by atoms with E-state index in [2.05, 4.69) is 56.9 Å². The van der Waals surface area contributed by atoms with Crippen LogP contribution in [0.15, 0.2) is 53.7 Å². The molecule has 1 aliphatic rings. The molecule has 2 aromatic heterocycles. The summed E-state index contributed by atoms with van der Waals surface area (Å²) >= 11 is 3.44. The first-order chi connectivity index (χ1) is 15.7. The summed E-state index contributed by atoms with van der Waals surface area (Å²) in [6.07, 6.45) is 3.82. The molecule has 2 aromatic carbocycles. The van der Waals surface area contributed by atoms with E-state index in [1.165, 1.54) is 24.0 Å². The molecule has 6 nitrogen and oxygen atoms in total. The second-order valence-electron chi connectivity index (χ2n) is 8.01. The van der Waals surface area contributed by atoms with Crippen LogP contribution in [0.5, 0.6) is 5.75 Å². The standard InChI is InChI=1S/C24H27N5OS2/c1-17(28-14-6-3-7-15-28)23-26-27-24(29(23)18-10-12-19(30-2)13-11-18)31-16-22-25-20-8-4-5-9-21(20)32-22/h4-5,8-13,17H,3,6-7,14-16H2,1-2H3/t17-/m1/s1. The summed E-state index contributed by atoms with van der Waals surface area (Å²) in [7, 11) is 1.69. The first-order valence-electron chi connectivity index (χ1n) is 11.0. The molecular formula is C24H27N5OS2. The van der Waals surface area contributed by atoms with E-state index in [0.717, 1.165) is 51.8 Å². The van der Waals surface area contributed by atoms with E-state index in [1.54, 1.807) is 30.2 Å². The number of methoxy groups -OCH3 is 1. The van der Waals surface area contributed by atoms with Crippen molar-refractivity contribution in [2.45, 2.75) is 43.1 Å². The number of rotatable bonds is 7. The predicted octanol–water partition coefficient (Wildman–Crippen LogP) is 5.72. The van der Waals surface area contributed by atoms with Crippen molar-refractivity contribution in [3.8, 4) is 11.4 Å². The van der Waals surface area contributed by atoms with Crippen LogP contribution in [0.2, 0.25) is 0 Å². The van der Waals surface area contributed by atoms with E-state index in [4.69, 9.17) is 9.72 Å². The molecule has 32 heavy (non-hydrogen) atoms. The number of ether oxygens (including phenoxy) is 1. The highest BCUT2D eigenvalue weighted by Crippen LogP contribution is 2.33. The first kappa shape index (κ1) is 21.4. The number of hydrogen-bond acceptors (Lipinski definition) is 7. The minimum Gasteiger partial charge on any atom is -0.497 e. The van der Waals surface area contributed by atoms with Crippen LogP contribution in [0.1, 0.15) is 43.1 Å². The van der Waals surface area contributed by atoms with Crippen molar-refractivity contribution in [2.24, 2.45) is 0 Å². The lowest BCUT2D eigenvalue weighted by atomic mass is 10.1. The van der Waals surface area contributed by atoms with Gasteiger partial charge in [-0.1, -0.05) is 30.3 Å². The van der Waals surface area contributed by atoms with Crippen LogP contribution in [-0.4, -0.2) is 44.8 Å². The molecule has 0 amide bonds. The van der Waals surface area contributed by atoms with Gasteiger partial charge in [0.25, 0.3) is 0 Å². The Morgan fingerprint density at radius 2 is 1.81 bits per heavy atom. The summed E-state index contributed by atoms with van der Waals surface area (Å²) in [5.74, 6) is 2.60. The maximum atomic E-state index is 5.36. The summed E-state index contributed by atoms with van der Waals surface area (Å²) < 4.78 is 8.79. The molecule has 1 saturated heterocycles. The lowest BCUT2D eigenvalue weighted by Gasteiger charge is -2.31. The van der Waals surface area contributed by atoms with Gasteiger partial charge in [-0.3, -0.25) is 9.47 Å². The smallest absolute Gasteiger partial charge is 0.196 e. The van der Waals surface area contributed by atoms with Crippen LogP contribution >= 0.6 is 23.1 Å². The van der Waals surface area contributed by atoms with Crippen LogP contribution in [0.25, 0.3) is 15.9 Å². The number of thiazole rings is 1. The van der Waals surface area contributed by atoms with Gasteiger partial charge < -0.3 is 4.74 Å². The van der Waals surface area contributed by atoms with Gasteiger partial charge in [0.15, 0.2) is 11.0 Å². The number of nitrogens with zero attached hydrogens (tertiary/aromatic N) is 5. The minimum absolute atomic E-state index is 0.210. The Balaban J connectivity index is 1.45. The van der Waals surface area contributed by atoms with Crippen molar-refractivity contribution >= 4 is 33.3 Å². The number of piperidine rings is 1. The second kappa shape index (κ2) is 9.60. The van der Waals surface area contributed by atoms with Crippen LogP contribution in [-0.2, 0) is 5.75 Å². The number of thioether (sulfide) groups is 1. The van der Waals surface area contributed by atoms with Gasteiger partial charge in [0.1, 0.15) is 10.8 Å².